The van der Waals surface area contributed by atoms with E-state index in [0.717, 1.165) is 0 Å². The third-order valence-electron chi connectivity index (χ3n) is 2.42. The van der Waals surface area contributed by atoms with E-state index in [-0.39, 0.29) is 13.1 Å². The number of likely N-dealkylation sites (tertiary alicyclic amines) is 1. The number of hydrogen-bond donors (Lipinski definition) is 2. The first-order valence-corrected chi connectivity index (χ1v) is 4.56. The van der Waals surface area contributed by atoms with Gasteiger partial charge in [-0.1, -0.05) is 0 Å². The minimum Gasteiger partial charge on any atom is -0.387 e. The van der Waals surface area contributed by atoms with Gasteiger partial charge in [-0.05, 0) is 19.4 Å². The van der Waals surface area contributed by atoms with Crippen molar-refractivity contribution in [2.45, 2.75) is 24.6 Å². The Morgan fingerprint density at radius 2 is 2.07 bits per heavy atom. The maximum absolute atomic E-state index is 12.0. The normalized spacial score (nSPS) is 30.6. The lowest BCUT2D eigenvalue weighted by molar-refractivity contribution is -0.157. The topological polar surface area (TPSA) is 49.5 Å². The van der Waals surface area contributed by atoms with Crippen molar-refractivity contribution in [3.8, 4) is 0 Å². The molecule has 0 radical (unpaired) electrons. The van der Waals surface area contributed by atoms with Gasteiger partial charge in [-0.25, -0.2) is 0 Å². The molecule has 1 aliphatic rings. The number of piperidine rings is 1. The van der Waals surface area contributed by atoms with Crippen molar-refractivity contribution < 1.29 is 18.3 Å². The molecule has 0 bridgehead atoms. The molecule has 0 aliphatic carbocycles. The molecule has 0 aromatic carbocycles. The molecule has 1 saturated heterocycles. The second-order valence-electron chi connectivity index (χ2n) is 3.86. The molecule has 1 aliphatic heterocycles. The lowest BCUT2D eigenvalue weighted by atomic mass is 9.93. The third-order valence-corrected chi connectivity index (χ3v) is 2.42. The fourth-order valence-electron chi connectivity index (χ4n) is 1.76. The van der Waals surface area contributed by atoms with Crippen LogP contribution in [-0.2, 0) is 0 Å². The second kappa shape index (κ2) is 4.04. The van der Waals surface area contributed by atoms with E-state index in [1.54, 1.807) is 0 Å². The smallest absolute Gasteiger partial charge is 0.387 e. The van der Waals surface area contributed by atoms with Crippen molar-refractivity contribution >= 4 is 0 Å². The zero-order valence-corrected chi connectivity index (χ0v) is 7.85. The summed E-state index contributed by atoms with van der Waals surface area (Å²) in [6.45, 7) is -0.554. The maximum atomic E-state index is 12.0. The van der Waals surface area contributed by atoms with Crippen LogP contribution in [0.4, 0.5) is 13.2 Å². The van der Waals surface area contributed by atoms with Crippen LogP contribution in [0.3, 0.4) is 0 Å². The first kappa shape index (κ1) is 11.7. The van der Waals surface area contributed by atoms with Gasteiger partial charge in [0.25, 0.3) is 0 Å². The Balaban J connectivity index is 2.48. The Bertz CT molecular complexity index is 198. The van der Waals surface area contributed by atoms with Gasteiger partial charge >= 0.3 is 6.18 Å². The summed E-state index contributed by atoms with van der Waals surface area (Å²) in [4.78, 5) is 1.20. The minimum atomic E-state index is -4.20. The number of aliphatic hydroxyl groups is 1. The van der Waals surface area contributed by atoms with E-state index in [0.29, 0.717) is 19.4 Å². The van der Waals surface area contributed by atoms with E-state index < -0.39 is 18.3 Å². The van der Waals surface area contributed by atoms with E-state index in [9.17, 15) is 18.3 Å². The van der Waals surface area contributed by atoms with Crippen LogP contribution in [0.1, 0.15) is 12.8 Å². The minimum absolute atomic E-state index is 0.0152. The highest BCUT2D eigenvalue weighted by Crippen LogP contribution is 2.24. The van der Waals surface area contributed by atoms with Crippen LogP contribution in [0.2, 0.25) is 0 Å². The highest BCUT2D eigenvalue weighted by atomic mass is 19.4. The number of β-amino-alcohol motifs (C(OH)–C–C–N with tert-alkyl or cyclic N) is 1. The quantitative estimate of drug-likeness (QED) is 0.693. The zero-order valence-electron chi connectivity index (χ0n) is 7.85. The van der Waals surface area contributed by atoms with Crippen LogP contribution >= 0.6 is 0 Å². The van der Waals surface area contributed by atoms with Crippen molar-refractivity contribution in [1.82, 2.24) is 4.90 Å². The summed E-state index contributed by atoms with van der Waals surface area (Å²) in [5.41, 5.74) is 4.17. The van der Waals surface area contributed by atoms with Gasteiger partial charge in [0.15, 0.2) is 0 Å². The van der Waals surface area contributed by atoms with E-state index >= 15 is 0 Å². The van der Waals surface area contributed by atoms with Crippen LogP contribution in [0.25, 0.3) is 0 Å². The van der Waals surface area contributed by atoms with E-state index in [1.165, 1.54) is 4.90 Å². The number of hydrogen-bond acceptors (Lipinski definition) is 3. The molecule has 1 heterocycles. The molecule has 0 aromatic heterocycles. The number of nitrogens with two attached hydrogens (primary N) is 1. The average molecular weight is 212 g/mol. The van der Waals surface area contributed by atoms with E-state index in [1.807, 2.05) is 0 Å². The van der Waals surface area contributed by atoms with Crippen molar-refractivity contribution in [2.75, 3.05) is 26.2 Å². The number of alkyl halides is 3. The van der Waals surface area contributed by atoms with Gasteiger partial charge in [0, 0.05) is 13.1 Å². The summed E-state index contributed by atoms with van der Waals surface area (Å²) in [6, 6.07) is 0. The van der Waals surface area contributed by atoms with Crippen LogP contribution in [0.5, 0.6) is 0 Å². The van der Waals surface area contributed by atoms with Crippen LogP contribution in [0.15, 0.2) is 0 Å². The van der Waals surface area contributed by atoms with Gasteiger partial charge in [0.1, 0.15) is 0 Å². The van der Waals surface area contributed by atoms with Crippen LogP contribution in [0, 0.1) is 0 Å². The van der Waals surface area contributed by atoms with E-state index in [4.69, 9.17) is 5.73 Å². The highest BCUT2D eigenvalue weighted by molar-refractivity contribution is 4.88. The van der Waals surface area contributed by atoms with Crippen LogP contribution < -0.4 is 5.73 Å². The first-order chi connectivity index (χ1) is 6.35. The fraction of sp³-hybridized carbons (Fsp3) is 1.00. The predicted octanol–water partition coefficient (Wildman–Crippen LogP) is 0.334. The molecular formula is C8H15F3N2O. The van der Waals surface area contributed by atoms with Crippen molar-refractivity contribution in [2.24, 2.45) is 5.73 Å². The highest BCUT2D eigenvalue weighted by Gasteiger charge is 2.37. The van der Waals surface area contributed by atoms with Crippen molar-refractivity contribution in [3.63, 3.8) is 0 Å². The molecule has 1 unspecified atom stereocenters. The van der Waals surface area contributed by atoms with Crippen molar-refractivity contribution in [1.29, 1.82) is 0 Å². The molecule has 3 N–H and O–H groups in total. The SMILES string of the molecule is NCC1(O)CCCN(CC(F)(F)F)C1. The number of nitrogens with zero attached hydrogens (tertiary/aromatic N) is 1. The molecule has 6 heteroatoms. The molecule has 14 heavy (non-hydrogen) atoms. The maximum Gasteiger partial charge on any atom is 0.401 e. The Morgan fingerprint density at radius 1 is 1.43 bits per heavy atom. The average Bonchev–Trinajstić information content (AvgIpc) is 2.01. The molecule has 3 nitrogen and oxygen atoms in total. The zero-order chi connectivity index (χ0) is 10.8. The lowest BCUT2D eigenvalue weighted by Gasteiger charge is -2.38. The standard InChI is InChI=1S/C8H15F3N2O/c9-8(10,11)6-13-3-1-2-7(14,4-12)5-13/h14H,1-6,12H2. The monoisotopic (exact) mass is 212 g/mol. The molecule has 0 aromatic rings. The fourth-order valence-corrected chi connectivity index (χ4v) is 1.76. The van der Waals surface area contributed by atoms with Gasteiger partial charge in [0.05, 0.1) is 12.1 Å². The van der Waals surface area contributed by atoms with E-state index in [2.05, 4.69) is 0 Å². The molecule has 1 atom stereocenters. The third kappa shape index (κ3) is 3.43. The summed E-state index contributed by atoms with van der Waals surface area (Å²) in [6.07, 6.45) is -3.16. The number of halogens is 3. The predicted molar refractivity (Wildman–Crippen MR) is 45.7 cm³/mol. The Labute approximate surface area is 80.7 Å². The molecule has 1 fully saturated rings. The molecule has 84 valence electrons. The molecule has 1 rings (SSSR count). The van der Waals surface area contributed by atoms with Crippen LogP contribution in [-0.4, -0.2) is 48.0 Å². The van der Waals surface area contributed by atoms with Crippen molar-refractivity contribution in [3.05, 3.63) is 0 Å². The Kier molecular flexibility index (Phi) is 3.39. The van der Waals surface area contributed by atoms with Gasteiger partial charge in [-0.3, -0.25) is 4.90 Å². The number of rotatable bonds is 2. The summed E-state index contributed by atoms with van der Waals surface area (Å²) >= 11 is 0. The van der Waals surface area contributed by atoms with Gasteiger partial charge < -0.3 is 10.8 Å². The Hall–Kier alpha value is -0.330. The van der Waals surface area contributed by atoms with Gasteiger partial charge in [-0.2, -0.15) is 13.2 Å². The summed E-state index contributed by atoms with van der Waals surface area (Å²) in [7, 11) is 0. The molecule has 0 spiro atoms. The summed E-state index contributed by atoms with van der Waals surface area (Å²) < 4.78 is 36.1. The second-order valence-corrected chi connectivity index (χ2v) is 3.86. The lowest BCUT2D eigenvalue weighted by Crippen LogP contribution is -2.54. The molecule has 0 amide bonds. The molecule has 0 saturated carbocycles. The van der Waals surface area contributed by atoms with Gasteiger partial charge in [0.2, 0.25) is 0 Å². The first-order valence-electron chi connectivity index (χ1n) is 4.56. The Morgan fingerprint density at radius 3 is 2.57 bits per heavy atom. The largest absolute Gasteiger partial charge is 0.401 e. The summed E-state index contributed by atoms with van der Waals surface area (Å²) in [5.74, 6) is 0. The van der Waals surface area contributed by atoms with Gasteiger partial charge in [-0.15, -0.1) is 0 Å². The molecular weight excluding hydrogens is 197 g/mol. The summed E-state index contributed by atoms with van der Waals surface area (Å²) in [5, 5.41) is 9.71.